The molecular weight excluding hydrogens is 266 g/mol. The second-order valence-corrected chi connectivity index (χ2v) is 6.85. The van der Waals surface area contributed by atoms with E-state index < -0.39 is 0 Å². The Morgan fingerprint density at radius 3 is 1.75 bits per heavy atom. The Morgan fingerprint density at radius 2 is 1.25 bits per heavy atom. The van der Waals surface area contributed by atoms with Crippen LogP contribution in [0.5, 0.6) is 0 Å². The minimum absolute atomic E-state index is 0.283. The van der Waals surface area contributed by atoms with Crippen molar-refractivity contribution in [1.29, 1.82) is 0 Å². The summed E-state index contributed by atoms with van der Waals surface area (Å²) < 4.78 is 2.31. The van der Waals surface area contributed by atoms with Gasteiger partial charge in [-0.15, -0.1) is 0 Å². The lowest BCUT2D eigenvalue weighted by molar-refractivity contribution is 0.261. The number of nitrogens with zero attached hydrogens (tertiary/aromatic N) is 1. The van der Waals surface area contributed by atoms with E-state index in [1.807, 2.05) is 11.9 Å². The van der Waals surface area contributed by atoms with Crippen LogP contribution in [0.2, 0.25) is 0 Å². The van der Waals surface area contributed by atoms with Gasteiger partial charge < -0.3 is 5.11 Å². The first-order valence-electron chi connectivity index (χ1n) is 8.83. The van der Waals surface area contributed by atoms with Gasteiger partial charge in [0, 0.05) is 18.8 Å². The summed E-state index contributed by atoms with van der Waals surface area (Å²) in [7, 11) is 0. The Kier molecular flexibility index (Phi) is 17.6. The molecule has 0 saturated carbocycles. The SMILES string of the molecule is CCCCCCCCCCCCSN(CCC)CCO. The fourth-order valence-corrected chi connectivity index (χ4v) is 3.50. The molecule has 0 rings (SSSR count). The molecule has 0 amide bonds. The lowest BCUT2D eigenvalue weighted by Gasteiger charge is -2.18. The van der Waals surface area contributed by atoms with Gasteiger partial charge in [-0.05, 0) is 12.8 Å². The zero-order valence-corrected chi connectivity index (χ0v) is 14.7. The molecule has 0 aromatic carbocycles. The van der Waals surface area contributed by atoms with Crippen LogP contribution in [-0.4, -0.2) is 34.9 Å². The highest BCUT2D eigenvalue weighted by Gasteiger charge is 2.02. The van der Waals surface area contributed by atoms with Crippen LogP contribution >= 0.6 is 11.9 Å². The van der Waals surface area contributed by atoms with Crippen molar-refractivity contribution in [3.05, 3.63) is 0 Å². The van der Waals surface area contributed by atoms with Gasteiger partial charge in [0.25, 0.3) is 0 Å². The second-order valence-electron chi connectivity index (χ2n) is 5.67. The molecule has 0 aliphatic heterocycles. The molecule has 2 nitrogen and oxygen atoms in total. The van der Waals surface area contributed by atoms with Gasteiger partial charge in [0.05, 0.1) is 6.61 Å². The lowest BCUT2D eigenvalue weighted by Crippen LogP contribution is -2.21. The maximum absolute atomic E-state index is 8.99. The smallest absolute Gasteiger partial charge is 0.0567 e. The molecule has 1 N–H and O–H groups in total. The van der Waals surface area contributed by atoms with Crippen LogP contribution in [0.15, 0.2) is 0 Å². The zero-order valence-electron chi connectivity index (χ0n) is 13.9. The van der Waals surface area contributed by atoms with E-state index >= 15 is 0 Å². The molecule has 0 radical (unpaired) electrons. The Hall–Kier alpha value is 0.270. The lowest BCUT2D eigenvalue weighted by atomic mass is 10.1. The van der Waals surface area contributed by atoms with Crippen molar-refractivity contribution in [3.63, 3.8) is 0 Å². The molecular formula is C17H37NOS. The van der Waals surface area contributed by atoms with E-state index in [2.05, 4.69) is 18.2 Å². The minimum atomic E-state index is 0.283. The molecule has 3 heteroatoms. The molecule has 0 heterocycles. The van der Waals surface area contributed by atoms with E-state index in [1.54, 1.807) is 0 Å². The van der Waals surface area contributed by atoms with Crippen LogP contribution in [0, 0.1) is 0 Å². The van der Waals surface area contributed by atoms with Crippen molar-refractivity contribution in [2.75, 3.05) is 25.4 Å². The van der Waals surface area contributed by atoms with E-state index in [0.29, 0.717) is 0 Å². The van der Waals surface area contributed by atoms with E-state index in [1.165, 1.54) is 76.4 Å². The number of hydrogen-bond acceptors (Lipinski definition) is 3. The first-order valence-corrected chi connectivity index (χ1v) is 9.78. The van der Waals surface area contributed by atoms with Gasteiger partial charge in [-0.3, -0.25) is 0 Å². The first kappa shape index (κ1) is 20.3. The fourth-order valence-electron chi connectivity index (χ4n) is 2.38. The van der Waals surface area contributed by atoms with Crippen LogP contribution in [0.1, 0.15) is 84.5 Å². The van der Waals surface area contributed by atoms with E-state index in [9.17, 15) is 0 Å². The summed E-state index contributed by atoms with van der Waals surface area (Å²) in [5.41, 5.74) is 0. The summed E-state index contributed by atoms with van der Waals surface area (Å²) in [5, 5.41) is 8.99. The molecule has 0 aromatic rings. The van der Waals surface area contributed by atoms with Gasteiger partial charge in [-0.2, -0.15) is 0 Å². The minimum Gasteiger partial charge on any atom is -0.395 e. The highest BCUT2D eigenvalue weighted by molar-refractivity contribution is 7.97. The molecule has 0 spiro atoms. The summed E-state index contributed by atoms with van der Waals surface area (Å²) in [6.45, 7) is 6.68. The summed E-state index contributed by atoms with van der Waals surface area (Å²) >= 11 is 1.92. The van der Waals surface area contributed by atoms with Crippen molar-refractivity contribution in [2.24, 2.45) is 0 Å². The molecule has 0 saturated heterocycles. The molecule has 20 heavy (non-hydrogen) atoms. The Labute approximate surface area is 131 Å². The number of rotatable bonds is 16. The van der Waals surface area contributed by atoms with E-state index in [-0.39, 0.29) is 6.61 Å². The van der Waals surface area contributed by atoms with Crippen LogP contribution < -0.4 is 0 Å². The number of aliphatic hydroxyl groups excluding tert-OH is 1. The average molecular weight is 304 g/mol. The number of aliphatic hydroxyl groups is 1. The largest absolute Gasteiger partial charge is 0.395 e. The third-order valence-electron chi connectivity index (χ3n) is 3.59. The number of unbranched alkanes of at least 4 members (excludes halogenated alkanes) is 9. The van der Waals surface area contributed by atoms with E-state index in [4.69, 9.17) is 5.11 Å². The van der Waals surface area contributed by atoms with Gasteiger partial charge in [0.15, 0.2) is 0 Å². The predicted octanol–water partition coefficient (Wildman–Crippen LogP) is 5.26. The van der Waals surface area contributed by atoms with Crippen molar-refractivity contribution >= 4 is 11.9 Å². The normalized spacial score (nSPS) is 11.4. The predicted molar refractivity (Wildman–Crippen MR) is 93.3 cm³/mol. The maximum Gasteiger partial charge on any atom is 0.0567 e. The monoisotopic (exact) mass is 303 g/mol. The highest BCUT2D eigenvalue weighted by atomic mass is 32.2. The van der Waals surface area contributed by atoms with Crippen molar-refractivity contribution in [1.82, 2.24) is 4.31 Å². The van der Waals surface area contributed by atoms with Gasteiger partial charge in [-0.1, -0.05) is 83.6 Å². The summed E-state index contributed by atoms with van der Waals surface area (Å²) in [6.07, 6.45) is 15.2. The Balaban J connectivity index is 3.18. The van der Waals surface area contributed by atoms with Crippen LogP contribution in [0.4, 0.5) is 0 Å². The molecule has 0 aromatic heterocycles. The molecule has 0 atom stereocenters. The second kappa shape index (κ2) is 17.3. The molecule has 0 aliphatic rings. The van der Waals surface area contributed by atoms with Crippen molar-refractivity contribution < 1.29 is 5.11 Å². The van der Waals surface area contributed by atoms with E-state index in [0.717, 1.165) is 13.1 Å². The summed E-state index contributed by atoms with van der Waals surface area (Å²) in [6, 6.07) is 0. The third kappa shape index (κ3) is 14.7. The highest BCUT2D eigenvalue weighted by Crippen LogP contribution is 2.15. The first-order chi connectivity index (χ1) is 9.85. The van der Waals surface area contributed by atoms with Gasteiger partial charge in [0.1, 0.15) is 0 Å². The molecule has 122 valence electrons. The average Bonchev–Trinajstić information content (AvgIpc) is 2.45. The van der Waals surface area contributed by atoms with Crippen molar-refractivity contribution in [3.8, 4) is 0 Å². The zero-order chi connectivity index (χ0) is 14.9. The molecule has 0 bridgehead atoms. The van der Waals surface area contributed by atoms with Crippen LogP contribution in [-0.2, 0) is 0 Å². The van der Waals surface area contributed by atoms with Gasteiger partial charge >= 0.3 is 0 Å². The number of hydrogen-bond donors (Lipinski definition) is 1. The Morgan fingerprint density at radius 1 is 0.700 bits per heavy atom. The standard InChI is InChI=1S/C17H37NOS/c1-3-5-6-7-8-9-10-11-12-13-17-20-18(14-4-2)15-16-19/h19H,3-17H2,1-2H3. The van der Waals surface area contributed by atoms with Crippen LogP contribution in [0.25, 0.3) is 0 Å². The maximum atomic E-state index is 8.99. The topological polar surface area (TPSA) is 23.5 Å². The van der Waals surface area contributed by atoms with Gasteiger partial charge in [-0.25, -0.2) is 4.31 Å². The molecule has 0 fully saturated rings. The molecule has 0 aliphatic carbocycles. The van der Waals surface area contributed by atoms with Crippen molar-refractivity contribution in [2.45, 2.75) is 84.5 Å². The summed E-state index contributed by atoms with van der Waals surface area (Å²) in [5.74, 6) is 1.22. The fraction of sp³-hybridized carbons (Fsp3) is 1.00. The third-order valence-corrected chi connectivity index (χ3v) is 4.80. The molecule has 0 unspecified atom stereocenters. The quantitative estimate of drug-likeness (QED) is 0.311. The Bertz CT molecular complexity index is 172. The van der Waals surface area contributed by atoms with Crippen LogP contribution in [0.3, 0.4) is 0 Å². The van der Waals surface area contributed by atoms with Gasteiger partial charge in [0.2, 0.25) is 0 Å². The summed E-state index contributed by atoms with van der Waals surface area (Å²) in [4.78, 5) is 0.